The van der Waals surface area contributed by atoms with Crippen LogP contribution in [-0.4, -0.2) is 51.5 Å². The van der Waals surface area contributed by atoms with E-state index in [1.165, 1.54) is 0 Å². The van der Waals surface area contributed by atoms with Crippen molar-refractivity contribution in [2.75, 3.05) is 46.6 Å². The van der Waals surface area contributed by atoms with Gasteiger partial charge in [0.25, 0.3) is 0 Å². The molecule has 0 aromatic rings. The maximum atomic E-state index is 8.60. The second kappa shape index (κ2) is 11.8. The molecule has 4 heteroatoms. The number of nitriles is 1. The van der Waals surface area contributed by atoms with E-state index in [9.17, 15) is 0 Å². The Balaban J connectivity index is 3.57. The van der Waals surface area contributed by atoms with Gasteiger partial charge in [0.2, 0.25) is 0 Å². The molecule has 0 aliphatic heterocycles. The van der Waals surface area contributed by atoms with Gasteiger partial charge in [0.15, 0.2) is 0 Å². The molecule has 0 amide bonds. The van der Waals surface area contributed by atoms with Crippen LogP contribution < -0.4 is 0 Å². The van der Waals surface area contributed by atoms with Crippen molar-refractivity contribution in [2.45, 2.75) is 26.7 Å². The van der Waals surface area contributed by atoms with E-state index in [2.05, 4.69) is 24.8 Å². The van der Waals surface area contributed by atoms with Crippen molar-refractivity contribution in [3.05, 3.63) is 0 Å². The zero-order chi connectivity index (χ0) is 12.9. The molecule has 17 heavy (non-hydrogen) atoms. The molecule has 0 fully saturated rings. The van der Waals surface area contributed by atoms with Crippen molar-refractivity contribution >= 4 is 0 Å². The maximum absolute atomic E-state index is 8.60. The van der Waals surface area contributed by atoms with Crippen molar-refractivity contribution in [3.8, 4) is 6.07 Å². The van der Waals surface area contributed by atoms with Crippen LogP contribution in [0.3, 0.4) is 0 Å². The summed E-state index contributed by atoms with van der Waals surface area (Å²) in [6, 6.07) is 2.19. The van der Waals surface area contributed by atoms with Crippen LogP contribution in [-0.2, 0) is 9.47 Å². The first-order valence-corrected chi connectivity index (χ1v) is 6.36. The zero-order valence-electron chi connectivity index (χ0n) is 11.4. The molecule has 0 rings (SSSR count). The lowest BCUT2D eigenvalue weighted by Crippen LogP contribution is -2.32. The van der Waals surface area contributed by atoms with Crippen LogP contribution >= 0.6 is 0 Å². The largest absolute Gasteiger partial charge is 0.385 e. The van der Waals surface area contributed by atoms with E-state index in [-0.39, 0.29) is 0 Å². The van der Waals surface area contributed by atoms with Gasteiger partial charge in [-0.25, -0.2) is 0 Å². The molecule has 0 heterocycles. The first-order valence-electron chi connectivity index (χ1n) is 6.36. The van der Waals surface area contributed by atoms with Gasteiger partial charge in [0, 0.05) is 46.4 Å². The summed E-state index contributed by atoms with van der Waals surface area (Å²) in [5.74, 6) is 0.627. The standard InChI is InChI=1S/C13H26N2O2/c1-13(2)12-15(7-4-6-14)8-11-17-10-5-9-16-3/h13H,4-5,7-12H2,1-3H3. The minimum atomic E-state index is 0.594. The summed E-state index contributed by atoms with van der Waals surface area (Å²) in [6.45, 7) is 9.41. The Hall–Kier alpha value is -0.630. The predicted octanol–water partition coefficient (Wildman–Crippen LogP) is 1.91. The van der Waals surface area contributed by atoms with Gasteiger partial charge in [-0.05, 0) is 12.3 Å². The molecule has 0 spiro atoms. The molecule has 0 radical (unpaired) electrons. The van der Waals surface area contributed by atoms with Gasteiger partial charge in [-0.15, -0.1) is 0 Å². The molecule has 100 valence electrons. The zero-order valence-corrected chi connectivity index (χ0v) is 11.4. The quantitative estimate of drug-likeness (QED) is 0.519. The van der Waals surface area contributed by atoms with E-state index in [0.717, 1.165) is 45.9 Å². The summed E-state index contributed by atoms with van der Waals surface area (Å²) < 4.78 is 10.5. The number of hydrogen-bond donors (Lipinski definition) is 0. The van der Waals surface area contributed by atoms with Gasteiger partial charge in [-0.1, -0.05) is 13.8 Å². The molecule has 0 aliphatic rings. The van der Waals surface area contributed by atoms with E-state index in [1.807, 2.05) is 0 Å². The van der Waals surface area contributed by atoms with Crippen LogP contribution in [0.2, 0.25) is 0 Å². The Bertz CT molecular complexity index is 202. The van der Waals surface area contributed by atoms with E-state index in [1.54, 1.807) is 7.11 Å². The highest BCUT2D eigenvalue weighted by Crippen LogP contribution is 1.99. The highest BCUT2D eigenvalue weighted by molar-refractivity contribution is 4.72. The van der Waals surface area contributed by atoms with Gasteiger partial charge in [0.05, 0.1) is 12.7 Å². The molecular formula is C13H26N2O2. The van der Waals surface area contributed by atoms with E-state index < -0.39 is 0 Å². The Kier molecular flexibility index (Phi) is 11.4. The molecule has 0 aromatic carbocycles. The third-order valence-corrected chi connectivity index (χ3v) is 2.35. The SMILES string of the molecule is COCCCOCCN(CCC#N)CC(C)C. The van der Waals surface area contributed by atoms with E-state index in [0.29, 0.717) is 12.3 Å². The maximum Gasteiger partial charge on any atom is 0.0635 e. The lowest BCUT2D eigenvalue weighted by atomic mass is 10.2. The van der Waals surface area contributed by atoms with Crippen molar-refractivity contribution in [1.82, 2.24) is 4.90 Å². The predicted molar refractivity (Wildman–Crippen MR) is 68.8 cm³/mol. The Morgan fingerprint density at radius 1 is 1.18 bits per heavy atom. The molecule has 0 bridgehead atoms. The van der Waals surface area contributed by atoms with E-state index >= 15 is 0 Å². The third-order valence-electron chi connectivity index (χ3n) is 2.35. The summed E-state index contributed by atoms with van der Waals surface area (Å²) in [5, 5.41) is 8.60. The summed E-state index contributed by atoms with van der Waals surface area (Å²) in [5.41, 5.74) is 0. The average molecular weight is 242 g/mol. The third kappa shape index (κ3) is 11.6. The summed E-state index contributed by atoms with van der Waals surface area (Å²) in [4.78, 5) is 2.30. The summed E-state index contributed by atoms with van der Waals surface area (Å²) in [6.07, 6.45) is 1.54. The minimum Gasteiger partial charge on any atom is -0.385 e. The Morgan fingerprint density at radius 3 is 2.53 bits per heavy atom. The molecule has 0 aromatic heterocycles. The van der Waals surface area contributed by atoms with Crippen LogP contribution in [0.15, 0.2) is 0 Å². The topological polar surface area (TPSA) is 45.5 Å². The fraction of sp³-hybridized carbons (Fsp3) is 0.923. The second-order valence-corrected chi connectivity index (χ2v) is 4.56. The van der Waals surface area contributed by atoms with Gasteiger partial charge in [0.1, 0.15) is 0 Å². The summed E-state index contributed by atoms with van der Waals surface area (Å²) in [7, 11) is 1.70. The fourth-order valence-electron chi connectivity index (χ4n) is 1.62. The monoisotopic (exact) mass is 242 g/mol. The Morgan fingerprint density at radius 2 is 1.94 bits per heavy atom. The van der Waals surface area contributed by atoms with Gasteiger partial charge >= 0.3 is 0 Å². The normalized spacial score (nSPS) is 11.1. The second-order valence-electron chi connectivity index (χ2n) is 4.56. The van der Waals surface area contributed by atoms with Crippen LogP contribution in [0.5, 0.6) is 0 Å². The summed E-state index contributed by atoms with van der Waals surface area (Å²) >= 11 is 0. The highest BCUT2D eigenvalue weighted by Gasteiger charge is 2.06. The highest BCUT2D eigenvalue weighted by atomic mass is 16.5. The van der Waals surface area contributed by atoms with Gasteiger partial charge in [-0.2, -0.15) is 5.26 Å². The van der Waals surface area contributed by atoms with Gasteiger partial charge in [-0.3, -0.25) is 4.90 Å². The van der Waals surface area contributed by atoms with Crippen LogP contribution in [0.1, 0.15) is 26.7 Å². The minimum absolute atomic E-state index is 0.594. The number of hydrogen-bond acceptors (Lipinski definition) is 4. The van der Waals surface area contributed by atoms with Crippen molar-refractivity contribution in [1.29, 1.82) is 5.26 Å². The lowest BCUT2D eigenvalue weighted by Gasteiger charge is -2.22. The number of methoxy groups -OCH3 is 1. The molecule has 0 unspecified atom stereocenters. The van der Waals surface area contributed by atoms with Crippen molar-refractivity contribution in [3.63, 3.8) is 0 Å². The first kappa shape index (κ1) is 16.4. The molecule has 0 saturated heterocycles. The van der Waals surface area contributed by atoms with Crippen LogP contribution in [0, 0.1) is 17.2 Å². The van der Waals surface area contributed by atoms with E-state index in [4.69, 9.17) is 14.7 Å². The molecule has 0 atom stereocenters. The lowest BCUT2D eigenvalue weighted by molar-refractivity contribution is 0.0815. The van der Waals surface area contributed by atoms with Crippen molar-refractivity contribution in [2.24, 2.45) is 5.92 Å². The fourth-order valence-corrected chi connectivity index (χ4v) is 1.62. The molecular weight excluding hydrogens is 216 g/mol. The molecule has 0 N–H and O–H groups in total. The Labute approximate surface area is 105 Å². The first-order chi connectivity index (χ1) is 8.20. The number of nitrogens with zero attached hydrogens (tertiary/aromatic N) is 2. The molecule has 4 nitrogen and oxygen atoms in total. The average Bonchev–Trinajstić information content (AvgIpc) is 2.29. The number of ether oxygens (including phenoxy) is 2. The molecule has 0 aliphatic carbocycles. The molecule has 0 saturated carbocycles. The van der Waals surface area contributed by atoms with Crippen molar-refractivity contribution < 1.29 is 9.47 Å². The van der Waals surface area contributed by atoms with Gasteiger partial charge < -0.3 is 9.47 Å². The number of rotatable bonds is 11. The van der Waals surface area contributed by atoms with Crippen LogP contribution in [0.4, 0.5) is 0 Å². The smallest absolute Gasteiger partial charge is 0.0635 e. The van der Waals surface area contributed by atoms with Crippen LogP contribution in [0.25, 0.3) is 0 Å².